The van der Waals surface area contributed by atoms with Crippen LogP contribution in [-0.2, 0) is 13.7 Å². The summed E-state index contributed by atoms with van der Waals surface area (Å²) < 4.78 is 6.63. The van der Waals surface area contributed by atoms with Gasteiger partial charge in [0.05, 0.1) is 0 Å². The van der Waals surface area contributed by atoms with Gasteiger partial charge >= 0.3 is 0 Å². The first-order chi connectivity index (χ1) is 10.0. The van der Waals surface area contributed by atoms with E-state index in [1.54, 1.807) is 0 Å². The summed E-state index contributed by atoms with van der Waals surface area (Å²) in [6, 6.07) is 9.31. The zero-order valence-corrected chi connectivity index (χ0v) is 11.8. The first kappa shape index (κ1) is 14.6. The topological polar surface area (TPSA) is 99.2 Å². The van der Waals surface area contributed by atoms with Gasteiger partial charge in [-0.25, -0.2) is 4.98 Å². The van der Waals surface area contributed by atoms with E-state index in [9.17, 15) is 9.59 Å². The molecule has 1 aromatic carbocycles. The molecule has 21 heavy (non-hydrogen) atoms. The minimum absolute atomic E-state index is 0.0503. The molecule has 0 bridgehead atoms. The van der Waals surface area contributed by atoms with Crippen LogP contribution in [-0.4, -0.2) is 22.5 Å². The van der Waals surface area contributed by atoms with E-state index in [2.05, 4.69) is 10.3 Å². The Hall–Kier alpha value is -2.83. The van der Waals surface area contributed by atoms with E-state index >= 15 is 0 Å². The third-order valence-electron chi connectivity index (χ3n) is 2.95. The fraction of sp³-hybridized carbons (Fsp3) is 0.214. The maximum atomic E-state index is 12.2. The molecule has 0 radical (unpaired) electrons. The Labute approximate surface area is 121 Å². The molecule has 2 rings (SSSR count). The molecule has 0 saturated carbocycles. The standard InChI is InChI=1S/C14H16N4O3/c1-16-12(19)10-11(13(20)18(2)14(15)17-10)21-8-9-6-4-3-5-7-9/h3-7H,8H2,1-2H3,(H2,15,17)(H,16,19). The highest BCUT2D eigenvalue weighted by Gasteiger charge is 2.20. The van der Waals surface area contributed by atoms with Gasteiger partial charge in [0.1, 0.15) is 6.61 Å². The van der Waals surface area contributed by atoms with Crippen molar-refractivity contribution < 1.29 is 9.53 Å². The highest BCUT2D eigenvalue weighted by molar-refractivity contribution is 5.94. The third kappa shape index (κ3) is 3.02. The highest BCUT2D eigenvalue weighted by atomic mass is 16.5. The van der Waals surface area contributed by atoms with Crippen molar-refractivity contribution in [3.8, 4) is 5.75 Å². The number of nitrogens with zero attached hydrogens (tertiary/aromatic N) is 2. The lowest BCUT2D eigenvalue weighted by Gasteiger charge is -2.12. The quantitative estimate of drug-likeness (QED) is 0.843. The van der Waals surface area contributed by atoms with Crippen LogP contribution in [0.2, 0.25) is 0 Å². The molecule has 0 fully saturated rings. The molecule has 1 aromatic heterocycles. The van der Waals surface area contributed by atoms with Gasteiger partial charge in [-0.15, -0.1) is 0 Å². The molecule has 7 heteroatoms. The number of carbonyl (C=O) groups is 1. The van der Waals surface area contributed by atoms with Crippen LogP contribution in [0.1, 0.15) is 16.1 Å². The predicted octanol–water partition coefficient (Wildman–Crippen LogP) is 0.301. The molecule has 1 amide bonds. The monoisotopic (exact) mass is 288 g/mol. The fourth-order valence-corrected chi connectivity index (χ4v) is 1.73. The molecule has 1 heterocycles. The van der Waals surface area contributed by atoms with Crippen LogP contribution in [0.15, 0.2) is 35.1 Å². The highest BCUT2D eigenvalue weighted by Crippen LogP contribution is 2.14. The van der Waals surface area contributed by atoms with Gasteiger partial charge in [-0.1, -0.05) is 30.3 Å². The number of hydrogen-bond donors (Lipinski definition) is 2. The number of rotatable bonds is 4. The van der Waals surface area contributed by atoms with Crippen molar-refractivity contribution in [1.82, 2.24) is 14.9 Å². The van der Waals surface area contributed by atoms with Gasteiger partial charge in [0, 0.05) is 14.1 Å². The molecule has 0 saturated heterocycles. The summed E-state index contributed by atoms with van der Waals surface area (Å²) in [7, 11) is 2.91. The molecule has 2 aromatic rings. The number of hydrogen-bond acceptors (Lipinski definition) is 5. The van der Waals surface area contributed by atoms with E-state index < -0.39 is 11.5 Å². The van der Waals surface area contributed by atoms with E-state index in [0.717, 1.165) is 10.1 Å². The average Bonchev–Trinajstić information content (AvgIpc) is 2.51. The number of benzene rings is 1. The van der Waals surface area contributed by atoms with Crippen LogP contribution in [0.5, 0.6) is 5.75 Å². The molecule has 0 aliphatic heterocycles. The van der Waals surface area contributed by atoms with E-state index in [0.29, 0.717) is 0 Å². The van der Waals surface area contributed by atoms with Gasteiger partial charge in [0.15, 0.2) is 5.69 Å². The Morgan fingerprint density at radius 2 is 2.05 bits per heavy atom. The van der Waals surface area contributed by atoms with Gasteiger partial charge in [-0.2, -0.15) is 0 Å². The SMILES string of the molecule is CNC(=O)c1nc(N)n(C)c(=O)c1OCc1ccccc1. The lowest BCUT2D eigenvalue weighted by molar-refractivity contribution is 0.0952. The van der Waals surface area contributed by atoms with Gasteiger partial charge in [0.25, 0.3) is 11.5 Å². The van der Waals surface area contributed by atoms with Crippen molar-refractivity contribution in [3.05, 3.63) is 51.9 Å². The number of aromatic nitrogens is 2. The largest absolute Gasteiger partial charge is 0.481 e. The van der Waals surface area contributed by atoms with Gasteiger partial charge in [-0.05, 0) is 5.56 Å². The van der Waals surface area contributed by atoms with Crippen LogP contribution in [0, 0.1) is 0 Å². The Morgan fingerprint density at radius 3 is 2.67 bits per heavy atom. The fourth-order valence-electron chi connectivity index (χ4n) is 1.73. The predicted molar refractivity (Wildman–Crippen MR) is 78.1 cm³/mol. The van der Waals surface area contributed by atoms with Crippen LogP contribution in [0.25, 0.3) is 0 Å². The molecule has 0 atom stereocenters. The van der Waals surface area contributed by atoms with Crippen LogP contribution < -0.4 is 21.3 Å². The van der Waals surface area contributed by atoms with E-state index in [1.807, 2.05) is 30.3 Å². The molecular formula is C14H16N4O3. The Bertz CT molecular complexity index is 710. The van der Waals surface area contributed by atoms with Crippen molar-refractivity contribution in [1.29, 1.82) is 0 Å². The average molecular weight is 288 g/mol. The maximum absolute atomic E-state index is 12.2. The van der Waals surface area contributed by atoms with Crippen molar-refractivity contribution in [2.45, 2.75) is 6.61 Å². The van der Waals surface area contributed by atoms with E-state index in [-0.39, 0.29) is 24.0 Å². The van der Waals surface area contributed by atoms with Crippen LogP contribution >= 0.6 is 0 Å². The number of nitrogens with one attached hydrogen (secondary N) is 1. The maximum Gasteiger partial charge on any atom is 0.297 e. The van der Waals surface area contributed by atoms with Gasteiger partial charge in [0.2, 0.25) is 11.7 Å². The number of nitrogen functional groups attached to an aromatic ring is 1. The lowest BCUT2D eigenvalue weighted by Crippen LogP contribution is -2.30. The number of amides is 1. The second-order valence-electron chi connectivity index (χ2n) is 4.37. The van der Waals surface area contributed by atoms with E-state index in [1.165, 1.54) is 14.1 Å². The molecule has 110 valence electrons. The molecule has 3 N–H and O–H groups in total. The molecule has 7 nitrogen and oxygen atoms in total. The van der Waals surface area contributed by atoms with Crippen molar-refractivity contribution >= 4 is 11.9 Å². The summed E-state index contributed by atoms with van der Waals surface area (Å²) >= 11 is 0. The van der Waals surface area contributed by atoms with Crippen LogP contribution in [0.3, 0.4) is 0 Å². The summed E-state index contributed by atoms with van der Waals surface area (Å²) in [5.74, 6) is -0.692. The molecule has 0 spiro atoms. The smallest absolute Gasteiger partial charge is 0.297 e. The Balaban J connectivity index is 2.39. The second-order valence-corrected chi connectivity index (χ2v) is 4.37. The van der Waals surface area contributed by atoms with Gasteiger partial charge < -0.3 is 15.8 Å². The van der Waals surface area contributed by atoms with Crippen LogP contribution in [0.4, 0.5) is 5.95 Å². The van der Waals surface area contributed by atoms with Crippen molar-refractivity contribution in [2.24, 2.45) is 7.05 Å². The Morgan fingerprint density at radius 1 is 1.38 bits per heavy atom. The molecule has 0 aliphatic rings. The van der Waals surface area contributed by atoms with Crippen molar-refractivity contribution in [3.63, 3.8) is 0 Å². The second kappa shape index (κ2) is 6.08. The summed E-state index contributed by atoms with van der Waals surface area (Å²) in [6.07, 6.45) is 0. The first-order valence-electron chi connectivity index (χ1n) is 6.30. The zero-order chi connectivity index (χ0) is 15.4. The number of nitrogens with two attached hydrogens (primary N) is 1. The molecule has 0 unspecified atom stereocenters. The van der Waals surface area contributed by atoms with Crippen molar-refractivity contribution in [2.75, 3.05) is 12.8 Å². The minimum Gasteiger partial charge on any atom is -0.481 e. The summed E-state index contributed by atoms with van der Waals surface area (Å²) in [5.41, 5.74) is 5.86. The Kier molecular flexibility index (Phi) is 4.22. The number of anilines is 1. The number of carbonyl (C=O) groups excluding carboxylic acids is 1. The normalized spacial score (nSPS) is 10.2. The minimum atomic E-state index is -0.525. The molecular weight excluding hydrogens is 272 g/mol. The van der Waals surface area contributed by atoms with Gasteiger partial charge in [-0.3, -0.25) is 14.2 Å². The summed E-state index contributed by atoms with van der Waals surface area (Å²) in [5, 5.41) is 2.41. The summed E-state index contributed by atoms with van der Waals surface area (Å²) in [6.45, 7) is 0.158. The first-order valence-corrected chi connectivity index (χ1v) is 6.30. The summed E-state index contributed by atoms with van der Waals surface area (Å²) in [4.78, 5) is 27.9. The third-order valence-corrected chi connectivity index (χ3v) is 2.95. The zero-order valence-electron chi connectivity index (χ0n) is 11.8. The molecule has 0 aliphatic carbocycles. The lowest BCUT2D eigenvalue weighted by atomic mass is 10.2. The van der Waals surface area contributed by atoms with E-state index in [4.69, 9.17) is 10.5 Å². The number of ether oxygens (including phenoxy) is 1.